The van der Waals surface area contributed by atoms with Crippen LogP contribution < -0.4 is 43.8 Å². The molecule has 1 atom stereocenters. The number of fused-ring (bicyclic) bond motifs is 5. The van der Waals surface area contributed by atoms with Crippen LogP contribution in [0.1, 0.15) is 149 Å². The molecule has 0 bridgehead atoms. The van der Waals surface area contributed by atoms with Crippen molar-refractivity contribution in [2.24, 2.45) is 12.0 Å². The molecule has 1 aromatic carbocycles. The molecule has 0 aliphatic carbocycles. The number of aliphatic hydroxyl groups is 1. The molecule has 18 heterocycles. The van der Waals surface area contributed by atoms with E-state index in [2.05, 4.69) is 117 Å². The third kappa shape index (κ3) is 18.3. The zero-order chi connectivity index (χ0) is 90.0. The third-order valence-electron chi connectivity index (χ3n) is 25.1. The van der Waals surface area contributed by atoms with E-state index < -0.39 is 5.60 Å². The molecule has 19 rings (SSSR count). The van der Waals surface area contributed by atoms with Crippen LogP contribution >= 0.6 is 56.7 Å². The molecule has 5 fully saturated rings. The average molecular weight is 1810 g/mol. The molecule has 6 aliphatic heterocycles. The highest BCUT2D eigenvalue weighted by Gasteiger charge is 2.38. The number of thiophene rings is 5. The second kappa shape index (κ2) is 38.2. The number of hydrogen-bond acceptors (Lipinski definition) is 32. The zero-order valence-electron chi connectivity index (χ0n) is 73.5. The first-order valence-corrected chi connectivity index (χ1v) is 46.7. The number of likely N-dealkylation sites (tertiary alicyclic amines) is 1. The quantitative estimate of drug-likeness (QED) is 0.0705. The van der Waals surface area contributed by atoms with Gasteiger partial charge in [-0.05, 0) is 165 Å². The van der Waals surface area contributed by atoms with Gasteiger partial charge in [-0.3, -0.25) is 29.0 Å². The largest absolute Gasteiger partial charge is 0.397 e. The minimum absolute atomic E-state index is 0.00228. The average Bonchev–Trinajstić information content (AvgIpc) is 1.65. The number of amidine groups is 1. The number of nitrogens with zero attached hydrogens (tertiary/aromatic N) is 21. The molecule has 664 valence electrons. The van der Waals surface area contributed by atoms with E-state index in [0.717, 1.165) is 192 Å². The number of aryl methyl sites for hydroxylation is 11. The monoisotopic (exact) mass is 1810 g/mol. The van der Waals surface area contributed by atoms with Crippen molar-refractivity contribution in [1.82, 2.24) is 95.3 Å². The van der Waals surface area contributed by atoms with Crippen LogP contribution in [0.3, 0.4) is 0 Å². The molecular weight excluding hydrogens is 1700 g/mol. The number of nitrogen functional groups attached to an aromatic ring is 5. The van der Waals surface area contributed by atoms with Gasteiger partial charge < -0.3 is 82.9 Å². The summed E-state index contributed by atoms with van der Waals surface area (Å²) in [6.45, 7) is 33.8. The molecule has 0 saturated carbocycles. The fraction of sp³-hybridized carbons (Fsp3) is 0.404. The highest BCUT2D eigenvalue weighted by atomic mass is 32.1. The SMILES string of the molecule is CCC1CN(C(=O)c2sc3nnc(C)c(C)c3c2N)CCN1.Cc1nnc2sc(C(=O)N3CCC(O)(c4ccncc4)CC3)c(N)c2c1C.Cc1nnc2sc(C(=O)N3CCCN(c4ccccc4)CC3)c(N)c2c1C.Cc1nnc2sc(C(=O)N3CCN(C4=NC=CC4)CC3)c(N)c2c1C.Cc1nnc2sc(C(=O)N3CCN(c4cccn4C)CC3)c(N)c2c1C. The van der Waals surface area contributed by atoms with Crippen molar-refractivity contribution in [2.45, 2.75) is 120 Å². The van der Waals surface area contributed by atoms with Crippen molar-refractivity contribution in [3.05, 3.63) is 172 Å². The second-order valence-corrected chi connectivity index (χ2v) is 37.7. The van der Waals surface area contributed by atoms with E-state index in [1.165, 1.54) is 68.2 Å². The Kier molecular flexibility index (Phi) is 27.0. The summed E-state index contributed by atoms with van der Waals surface area (Å²) in [5.41, 5.74) is 44.4. The molecule has 127 heavy (non-hydrogen) atoms. The van der Waals surface area contributed by atoms with E-state index in [1.54, 1.807) is 17.3 Å². The number of nitrogens with one attached hydrogen (secondary N) is 1. The first-order valence-electron chi connectivity index (χ1n) is 42.6. The molecule has 12 N–H and O–H groups in total. The number of anilines is 7. The van der Waals surface area contributed by atoms with E-state index in [4.69, 9.17) is 28.7 Å². The van der Waals surface area contributed by atoms with Crippen LogP contribution in [0.25, 0.3) is 51.1 Å². The van der Waals surface area contributed by atoms with E-state index in [-0.39, 0.29) is 29.5 Å². The Morgan fingerprint density at radius 3 is 1.17 bits per heavy atom. The Labute approximate surface area is 755 Å². The number of hydrogen-bond donors (Lipinski definition) is 7. The van der Waals surface area contributed by atoms with Gasteiger partial charge in [-0.1, -0.05) is 31.2 Å². The molecule has 0 spiro atoms. The summed E-state index contributed by atoms with van der Waals surface area (Å²) in [5.74, 6) is 2.16. The number of nitrogens with two attached hydrogens (primary N) is 5. The minimum Gasteiger partial charge on any atom is -0.397 e. The number of piperazine rings is 3. The summed E-state index contributed by atoms with van der Waals surface area (Å²) in [4.78, 5) is 96.1. The van der Waals surface area contributed by atoms with Crippen molar-refractivity contribution in [3.63, 3.8) is 0 Å². The number of aromatic nitrogens is 12. The van der Waals surface area contributed by atoms with Gasteiger partial charge in [0.15, 0.2) is 0 Å². The first-order chi connectivity index (χ1) is 61.0. The number of amides is 5. The first kappa shape index (κ1) is 89.7. The molecular formula is C89H107N27O6S5. The predicted molar refractivity (Wildman–Crippen MR) is 509 cm³/mol. The van der Waals surface area contributed by atoms with Crippen molar-refractivity contribution in [3.8, 4) is 0 Å². The lowest BCUT2D eigenvalue weighted by atomic mass is 9.85. The number of carbonyl (C=O) groups excluding carboxylic acids is 5. The number of piperidine rings is 1. The summed E-state index contributed by atoms with van der Waals surface area (Å²) < 4.78 is 2.10. The number of para-hydroxylation sites is 1. The van der Waals surface area contributed by atoms with E-state index in [1.807, 2.05) is 145 Å². The summed E-state index contributed by atoms with van der Waals surface area (Å²) >= 11 is 6.66. The standard InChI is InChI=1S/C20H23N5OS.C19H21N5O2S.C18H22N6OS.C17H20N6OS.C15H21N5OS/c1-13-14(2)22-23-19-16(13)17(21)18(27-19)20(26)25-10-6-9-24(11-12-25)15-7-4-3-5-8-15;1-11-12(2)22-23-17-14(11)15(20)16(27-17)18(25)24-9-5-19(26,6-10-24)13-3-7-21-8-4-13;1-11-12(2)20-21-17-14(11)15(19)16(26-17)18(25)24-9-7-23(8-10-24)13-5-4-6-22(13)3;1-10-11(2)20-21-16-13(10)14(18)15(25-16)17(24)23-8-6-22(7-9-23)12-4-3-5-19-12;1-4-10-7-20(6-5-17-10)15(21)13-12(16)11-8(2)9(3)18-19-14(11)22-13/h3-5,7-8H,6,9-12,21H2,1-2H3;3-4,7-8,26H,5-6,9-10,20H2,1-2H3;4-6H,7-10,19H2,1-3H3;3,5H,4,6-9,18H2,1-2H3;10,17H,4-7,16H2,1-3H3. The second-order valence-electron chi connectivity index (χ2n) is 32.7. The lowest BCUT2D eigenvalue weighted by molar-refractivity contribution is -0.0211. The molecule has 6 aliphatic rings. The topological polar surface area (TPSA) is 433 Å². The fourth-order valence-electron chi connectivity index (χ4n) is 16.7. The van der Waals surface area contributed by atoms with Crippen molar-refractivity contribution < 1.29 is 29.1 Å². The van der Waals surface area contributed by atoms with Gasteiger partial charge in [0, 0.05) is 188 Å². The molecule has 33 nitrogen and oxygen atoms in total. The van der Waals surface area contributed by atoms with Crippen LogP contribution in [-0.2, 0) is 12.6 Å². The summed E-state index contributed by atoms with van der Waals surface area (Å²) in [6, 6.07) is 18.5. The highest BCUT2D eigenvalue weighted by molar-refractivity contribution is 7.23. The molecule has 1 unspecified atom stereocenters. The highest BCUT2D eigenvalue weighted by Crippen LogP contribution is 2.43. The van der Waals surface area contributed by atoms with Gasteiger partial charge in [0.1, 0.15) is 60.2 Å². The Hall–Kier alpha value is -12.1. The van der Waals surface area contributed by atoms with Gasteiger partial charge in [0.25, 0.3) is 29.5 Å². The maximum absolute atomic E-state index is 13.2. The summed E-state index contributed by atoms with van der Waals surface area (Å²) in [5, 5.41) is 60.4. The molecule has 5 amide bonds. The van der Waals surface area contributed by atoms with Crippen LogP contribution in [0.2, 0.25) is 0 Å². The molecule has 38 heteroatoms. The van der Waals surface area contributed by atoms with Crippen molar-refractivity contribution in [1.29, 1.82) is 0 Å². The predicted octanol–water partition coefficient (Wildman–Crippen LogP) is 11.5. The molecule has 13 aromatic rings. The van der Waals surface area contributed by atoms with Gasteiger partial charge in [-0.2, -0.15) is 25.5 Å². The van der Waals surface area contributed by atoms with Gasteiger partial charge >= 0.3 is 0 Å². The van der Waals surface area contributed by atoms with Crippen LogP contribution in [0.5, 0.6) is 0 Å². The summed E-state index contributed by atoms with van der Waals surface area (Å²) in [7, 11) is 2.04. The van der Waals surface area contributed by atoms with Crippen LogP contribution in [0, 0.1) is 69.2 Å². The van der Waals surface area contributed by atoms with Gasteiger partial charge in [0.05, 0.1) is 62.5 Å². The van der Waals surface area contributed by atoms with Crippen molar-refractivity contribution >= 4 is 183 Å². The Bertz CT molecular complexity index is 6370. The number of aliphatic imine (C=N–C) groups is 1. The Morgan fingerprint density at radius 2 is 0.803 bits per heavy atom. The lowest BCUT2D eigenvalue weighted by Gasteiger charge is -2.38. The number of carbonyl (C=O) groups is 5. The lowest BCUT2D eigenvalue weighted by Crippen LogP contribution is -2.52. The fourth-order valence-corrected chi connectivity index (χ4v) is 22.0. The molecule has 0 radical (unpaired) electrons. The number of pyridine rings is 1. The van der Waals surface area contributed by atoms with Gasteiger partial charge in [-0.25, -0.2) is 4.99 Å². The Morgan fingerprint density at radius 1 is 0.433 bits per heavy atom. The Balaban J connectivity index is 0.000000123. The normalized spacial score (nSPS) is 16.5. The maximum atomic E-state index is 13.2. The van der Waals surface area contributed by atoms with Crippen LogP contribution in [0.4, 0.5) is 39.9 Å². The van der Waals surface area contributed by atoms with Crippen molar-refractivity contribution in [2.75, 3.05) is 150 Å². The molecule has 5 saturated heterocycles. The van der Waals surface area contributed by atoms with Crippen LogP contribution in [-0.4, -0.2) is 248 Å². The number of rotatable bonds is 9. The van der Waals surface area contributed by atoms with Crippen LogP contribution in [0.15, 0.2) is 90.5 Å². The summed E-state index contributed by atoms with van der Waals surface area (Å²) in [6.07, 6.45) is 13.1. The zero-order valence-corrected chi connectivity index (χ0v) is 77.6. The minimum atomic E-state index is -0.926. The van der Waals surface area contributed by atoms with E-state index in [0.29, 0.717) is 129 Å². The van der Waals surface area contributed by atoms with Gasteiger partial charge in [-0.15, -0.1) is 82.2 Å². The third-order valence-corrected chi connectivity index (χ3v) is 30.4. The number of benzene rings is 1. The maximum Gasteiger partial charge on any atom is 0.266 e. The van der Waals surface area contributed by atoms with E-state index >= 15 is 0 Å². The van der Waals surface area contributed by atoms with E-state index in [9.17, 15) is 29.1 Å². The molecule has 12 aromatic heterocycles. The van der Waals surface area contributed by atoms with Gasteiger partial charge in [0.2, 0.25) is 0 Å². The smallest absolute Gasteiger partial charge is 0.266 e.